The number of hydrogen-bond donors (Lipinski definition) is 1. The van der Waals surface area contributed by atoms with Crippen molar-refractivity contribution in [2.45, 2.75) is 4.90 Å². The number of halogens is 7. The molecule has 3 rings (SSSR count). The Labute approximate surface area is 182 Å². The second-order valence-electron chi connectivity index (χ2n) is 6.05. The summed E-state index contributed by atoms with van der Waals surface area (Å²) in [7, 11) is -4.78. The van der Waals surface area contributed by atoms with E-state index in [1.54, 1.807) is 4.72 Å². The van der Waals surface area contributed by atoms with Gasteiger partial charge in [-0.05, 0) is 36.4 Å². The number of carbonyl (C=O) groups excluding carboxylic acids is 1. The van der Waals surface area contributed by atoms with Crippen molar-refractivity contribution in [3.05, 3.63) is 87.2 Å². The normalized spacial score (nSPS) is 11.5. The number of rotatable bonds is 4. The van der Waals surface area contributed by atoms with Crippen molar-refractivity contribution < 1.29 is 35.2 Å². The molecule has 0 bridgehead atoms. The Balaban J connectivity index is 2.10. The molecule has 0 fully saturated rings. The van der Waals surface area contributed by atoms with E-state index in [0.29, 0.717) is 12.1 Å². The van der Waals surface area contributed by atoms with Gasteiger partial charge in [0.15, 0.2) is 17.5 Å². The van der Waals surface area contributed by atoms with Crippen molar-refractivity contribution in [1.29, 1.82) is 0 Å². The van der Waals surface area contributed by atoms with Gasteiger partial charge in [0.25, 0.3) is 15.9 Å². The lowest BCUT2D eigenvalue weighted by Crippen LogP contribution is -2.30. The lowest BCUT2D eigenvalue weighted by atomic mass is 10.0. The maximum Gasteiger partial charge on any atom is 0.265 e. The predicted molar refractivity (Wildman–Crippen MR) is 103 cm³/mol. The summed E-state index contributed by atoms with van der Waals surface area (Å²) in [5.74, 6) is -10.2. The highest BCUT2D eigenvalue weighted by molar-refractivity contribution is 7.90. The summed E-state index contributed by atoms with van der Waals surface area (Å²) in [4.78, 5) is 11.3. The van der Waals surface area contributed by atoms with Gasteiger partial charge < -0.3 is 0 Å². The fourth-order valence-corrected chi connectivity index (χ4v) is 4.22. The predicted octanol–water partition coefficient (Wildman–Crippen LogP) is 5.47. The zero-order valence-corrected chi connectivity index (χ0v) is 17.1. The van der Waals surface area contributed by atoms with Crippen LogP contribution in [0.3, 0.4) is 0 Å². The van der Waals surface area contributed by atoms with E-state index >= 15 is 0 Å². The van der Waals surface area contributed by atoms with Crippen LogP contribution in [0.4, 0.5) is 22.0 Å². The van der Waals surface area contributed by atoms with Crippen LogP contribution < -0.4 is 4.72 Å². The summed E-state index contributed by atoms with van der Waals surface area (Å²) in [6, 6.07) is 5.85. The lowest BCUT2D eigenvalue weighted by Gasteiger charge is -2.13. The summed E-state index contributed by atoms with van der Waals surface area (Å²) in [6.45, 7) is 0. The molecule has 0 spiro atoms. The molecule has 1 N–H and O–H groups in total. The molecule has 0 aromatic heterocycles. The summed E-state index contributed by atoms with van der Waals surface area (Å²) < 4.78 is 96.1. The minimum absolute atomic E-state index is 0.0295. The Kier molecular flexibility index (Phi) is 6.26. The average molecular weight is 496 g/mol. The number of benzene rings is 3. The van der Waals surface area contributed by atoms with Gasteiger partial charge in [-0.25, -0.2) is 35.1 Å². The third-order valence-corrected chi connectivity index (χ3v) is 6.08. The zero-order valence-electron chi connectivity index (χ0n) is 14.8. The van der Waals surface area contributed by atoms with Crippen molar-refractivity contribution in [1.82, 2.24) is 4.72 Å². The van der Waals surface area contributed by atoms with E-state index in [4.69, 9.17) is 23.2 Å². The van der Waals surface area contributed by atoms with Crippen LogP contribution >= 0.6 is 23.2 Å². The van der Waals surface area contributed by atoms with Gasteiger partial charge in [0.1, 0.15) is 16.5 Å². The minimum Gasteiger partial charge on any atom is -0.268 e. The molecule has 4 nitrogen and oxygen atoms in total. The Morgan fingerprint density at radius 2 is 1.42 bits per heavy atom. The van der Waals surface area contributed by atoms with Crippen molar-refractivity contribution in [2.24, 2.45) is 0 Å². The highest BCUT2D eigenvalue weighted by Crippen LogP contribution is 2.35. The Morgan fingerprint density at radius 3 is 2.03 bits per heavy atom. The van der Waals surface area contributed by atoms with Crippen LogP contribution in [0.2, 0.25) is 10.0 Å². The van der Waals surface area contributed by atoms with E-state index in [9.17, 15) is 35.2 Å². The lowest BCUT2D eigenvalue weighted by molar-refractivity contribution is 0.0981. The molecule has 31 heavy (non-hydrogen) atoms. The van der Waals surface area contributed by atoms with Gasteiger partial charge in [-0.15, -0.1) is 0 Å². The van der Waals surface area contributed by atoms with Crippen molar-refractivity contribution in [2.75, 3.05) is 0 Å². The van der Waals surface area contributed by atoms with Crippen LogP contribution in [0.1, 0.15) is 10.4 Å². The first-order valence-corrected chi connectivity index (χ1v) is 10.3. The summed E-state index contributed by atoms with van der Waals surface area (Å²) in [5, 5.41) is -0.456. The van der Waals surface area contributed by atoms with E-state index in [1.807, 2.05) is 0 Å². The number of hydrogen-bond acceptors (Lipinski definition) is 3. The molecular weight excluding hydrogens is 488 g/mol. The molecule has 1 amide bonds. The van der Waals surface area contributed by atoms with E-state index in [-0.39, 0.29) is 16.7 Å². The van der Waals surface area contributed by atoms with Gasteiger partial charge in [0.2, 0.25) is 0 Å². The van der Waals surface area contributed by atoms with E-state index in [2.05, 4.69) is 0 Å². The van der Waals surface area contributed by atoms with Crippen LogP contribution in [-0.4, -0.2) is 14.3 Å². The molecule has 162 valence electrons. The molecule has 0 saturated heterocycles. The van der Waals surface area contributed by atoms with Crippen LogP contribution in [0.5, 0.6) is 0 Å². The Hall–Kier alpha value is -2.69. The first kappa shape index (κ1) is 23.0. The SMILES string of the molecule is O=C(NS(=O)(=O)c1cc(-c2c(F)cc(F)c(F)c2F)c(F)cc1Cl)c1ccc(Cl)cc1. The topological polar surface area (TPSA) is 63.2 Å². The zero-order chi connectivity index (χ0) is 23.1. The van der Waals surface area contributed by atoms with Crippen LogP contribution in [0, 0.1) is 29.1 Å². The number of carbonyl (C=O) groups is 1. The van der Waals surface area contributed by atoms with E-state index < -0.39 is 66.1 Å². The van der Waals surface area contributed by atoms with Crippen LogP contribution in [-0.2, 0) is 10.0 Å². The van der Waals surface area contributed by atoms with Crippen molar-refractivity contribution in [3.63, 3.8) is 0 Å². The second kappa shape index (κ2) is 8.45. The molecule has 0 atom stereocenters. The van der Waals surface area contributed by atoms with Gasteiger partial charge in [-0.3, -0.25) is 4.79 Å². The fourth-order valence-electron chi connectivity index (χ4n) is 2.58. The summed E-state index contributed by atoms with van der Waals surface area (Å²) in [6.07, 6.45) is 0. The maximum atomic E-state index is 14.3. The molecule has 0 heterocycles. The Bertz CT molecular complexity index is 1320. The summed E-state index contributed by atoms with van der Waals surface area (Å²) in [5.41, 5.74) is -2.52. The van der Waals surface area contributed by atoms with Gasteiger partial charge in [0.05, 0.1) is 10.6 Å². The third-order valence-electron chi connectivity index (χ3n) is 4.03. The summed E-state index contributed by atoms with van der Waals surface area (Å²) >= 11 is 11.4. The van der Waals surface area contributed by atoms with Gasteiger partial charge in [0, 0.05) is 22.2 Å². The molecule has 0 aliphatic carbocycles. The second-order valence-corrected chi connectivity index (χ2v) is 8.54. The largest absolute Gasteiger partial charge is 0.268 e. The highest BCUT2D eigenvalue weighted by Gasteiger charge is 2.28. The fraction of sp³-hybridized carbons (Fsp3) is 0. The molecule has 0 aliphatic heterocycles. The maximum absolute atomic E-state index is 14.3. The molecule has 0 saturated carbocycles. The smallest absolute Gasteiger partial charge is 0.265 e. The standard InChI is InChI=1S/C19H8Cl2F5NO3S/c20-9-3-1-8(2-4-9)19(28)27-31(29,30)15-5-10(12(22)6-11(15)21)16-13(23)7-14(24)17(25)18(16)26/h1-7H,(H,27,28). The molecule has 0 unspecified atom stereocenters. The van der Waals surface area contributed by atoms with E-state index in [0.717, 1.165) is 0 Å². The minimum atomic E-state index is -4.78. The van der Waals surface area contributed by atoms with Crippen molar-refractivity contribution >= 4 is 39.1 Å². The molecule has 3 aromatic carbocycles. The average Bonchev–Trinajstić information content (AvgIpc) is 2.67. The number of sulfonamides is 1. The number of amides is 1. The van der Waals surface area contributed by atoms with Crippen LogP contribution in [0.25, 0.3) is 11.1 Å². The first-order valence-electron chi connectivity index (χ1n) is 8.07. The quantitative estimate of drug-likeness (QED) is 0.296. The molecule has 3 aromatic rings. The van der Waals surface area contributed by atoms with Gasteiger partial charge in [-0.1, -0.05) is 23.2 Å². The molecule has 0 aliphatic rings. The van der Waals surface area contributed by atoms with Crippen molar-refractivity contribution in [3.8, 4) is 11.1 Å². The molecular formula is C19H8Cl2F5NO3S. The van der Waals surface area contributed by atoms with Crippen LogP contribution in [0.15, 0.2) is 47.4 Å². The van der Waals surface area contributed by atoms with Gasteiger partial charge >= 0.3 is 0 Å². The monoisotopic (exact) mass is 495 g/mol. The van der Waals surface area contributed by atoms with E-state index in [1.165, 1.54) is 24.3 Å². The number of nitrogens with one attached hydrogen (secondary N) is 1. The highest BCUT2D eigenvalue weighted by atomic mass is 35.5. The molecule has 12 heteroatoms. The third kappa shape index (κ3) is 4.51. The molecule has 0 radical (unpaired) electrons. The first-order chi connectivity index (χ1) is 14.4. The van der Waals surface area contributed by atoms with Gasteiger partial charge in [-0.2, -0.15) is 0 Å². The Morgan fingerprint density at radius 1 is 0.806 bits per heavy atom.